The molecule has 1 aliphatic rings. The Morgan fingerprint density at radius 1 is 1.04 bits per heavy atom. The number of amidine groups is 1. The number of rotatable bonds is 3. The Balaban J connectivity index is 1.75. The third-order valence-corrected chi connectivity index (χ3v) is 4.69. The second-order valence-electron chi connectivity index (χ2n) is 6.01. The van der Waals surface area contributed by atoms with Gasteiger partial charge in [-0.3, -0.25) is 4.79 Å². The minimum absolute atomic E-state index is 0.289. The van der Waals surface area contributed by atoms with Crippen molar-refractivity contribution in [3.05, 3.63) is 64.6 Å². The van der Waals surface area contributed by atoms with Crippen molar-refractivity contribution in [3.8, 4) is 0 Å². The lowest BCUT2D eigenvalue weighted by molar-refractivity contribution is -0.137. The first kappa shape index (κ1) is 19.0. The second kappa shape index (κ2) is 7.48. The van der Waals surface area contributed by atoms with Gasteiger partial charge in [0.25, 0.3) is 5.91 Å². The molecule has 1 amide bonds. The van der Waals surface area contributed by atoms with Crippen molar-refractivity contribution < 1.29 is 18.0 Å². The molecular weight excluding hydrogens is 375 g/mol. The fraction of sp³-hybridized carbons (Fsp3) is 0.158. The summed E-state index contributed by atoms with van der Waals surface area (Å²) in [4.78, 5) is 18.7. The lowest BCUT2D eigenvalue weighted by atomic mass is 10.2. The lowest BCUT2D eigenvalue weighted by Gasteiger charge is -2.11. The Bertz CT molecular complexity index is 901. The van der Waals surface area contributed by atoms with E-state index in [0.717, 1.165) is 35.1 Å². The van der Waals surface area contributed by atoms with Crippen molar-refractivity contribution in [2.75, 3.05) is 19.0 Å². The molecule has 0 radical (unpaired) electrons. The van der Waals surface area contributed by atoms with Gasteiger partial charge in [0.2, 0.25) is 0 Å². The lowest BCUT2D eigenvalue weighted by Crippen LogP contribution is -2.19. The minimum atomic E-state index is -4.39. The summed E-state index contributed by atoms with van der Waals surface area (Å²) in [5.41, 5.74) is 1.51. The summed E-state index contributed by atoms with van der Waals surface area (Å²) in [5, 5.41) is 2.95. The first-order valence-corrected chi connectivity index (χ1v) is 8.78. The van der Waals surface area contributed by atoms with Crippen LogP contribution in [0.5, 0.6) is 0 Å². The zero-order valence-corrected chi connectivity index (χ0v) is 15.4. The van der Waals surface area contributed by atoms with Gasteiger partial charge in [0.05, 0.1) is 16.2 Å². The summed E-state index contributed by atoms with van der Waals surface area (Å²) in [6, 6.07) is 12.2. The number of carbonyl (C=O) groups excluding carboxylic acids is 1. The largest absolute Gasteiger partial charge is 0.416 e. The molecule has 4 nitrogen and oxygen atoms in total. The summed E-state index contributed by atoms with van der Waals surface area (Å²) in [6.07, 6.45) is -2.64. The van der Waals surface area contributed by atoms with Gasteiger partial charge in [0.1, 0.15) is 0 Å². The molecule has 1 aliphatic heterocycles. The van der Waals surface area contributed by atoms with Gasteiger partial charge in [0, 0.05) is 19.8 Å². The van der Waals surface area contributed by atoms with Gasteiger partial charge in [-0.15, -0.1) is 0 Å². The molecule has 2 aromatic carbocycles. The van der Waals surface area contributed by atoms with Gasteiger partial charge in [-0.05, 0) is 59.8 Å². The fourth-order valence-corrected chi connectivity index (χ4v) is 3.18. The monoisotopic (exact) mass is 391 g/mol. The van der Waals surface area contributed by atoms with Crippen LogP contribution in [-0.4, -0.2) is 25.2 Å². The van der Waals surface area contributed by atoms with Gasteiger partial charge >= 0.3 is 6.18 Å². The van der Waals surface area contributed by atoms with Crippen LogP contribution in [0.4, 0.5) is 24.5 Å². The van der Waals surface area contributed by atoms with Crippen LogP contribution in [0.2, 0.25) is 0 Å². The van der Waals surface area contributed by atoms with Crippen LogP contribution in [0, 0.1) is 0 Å². The van der Waals surface area contributed by atoms with E-state index in [2.05, 4.69) is 10.3 Å². The van der Waals surface area contributed by atoms with E-state index in [1.165, 1.54) is 12.1 Å². The number of aliphatic imine (C=N–C) groups is 1. The zero-order chi connectivity index (χ0) is 19.6. The Morgan fingerprint density at radius 2 is 1.67 bits per heavy atom. The number of carbonyl (C=O) groups is 1. The third kappa shape index (κ3) is 4.71. The molecule has 2 aromatic rings. The molecule has 1 fully saturated rings. The van der Waals surface area contributed by atoms with Crippen molar-refractivity contribution in [1.29, 1.82) is 0 Å². The maximum atomic E-state index is 12.6. The molecule has 27 heavy (non-hydrogen) atoms. The van der Waals surface area contributed by atoms with E-state index in [1.807, 2.05) is 43.3 Å². The van der Waals surface area contributed by atoms with E-state index in [-0.39, 0.29) is 5.91 Å². The van der Waals surface area contributed by atoms with E-state index in [9.17, 15) is 18.0 Å². The molecule has 3 rings (SSSR count). The topological polar surface area (TPSA) is 44.7 Å². The summed E-state index contributed by atoms with van der Waals surface area (Å²) in [7, 11) is 3.88. The normalized spacial score (nSPS) is 17.4. The molecule has 0 bridgehead atoms. The van der Waals surface area contributed by atoms with Gasteiger partial charge in [0.15, 0.2) is 5.17 Å². The molecule has 0 unspecified atom stereocenters. The maximum Gasteiger partial charge on any atom is 0.416 e. The van der Waals surface area contributed by atoms with Crippen LogP contribution >= 0.6 is 11.8 Å². The summed E-state index contributed by atoms with van der Waals surface area (Å²) in [6.45, 7) is 0. The number of nitrogens with one attached hydrogen (secondary N) is 1. The number of anilines is 1. The number of halogens is 3. The van der Waals surface area contributed by atoms with Gasteiger partial charge in [-0.2, -0.15) is 13.2 Å². The summed E-state index contributed by atoms with van der Waals surface area (Å²) in [5.74, 6) is -0.289. The average Bonchev–Trinajstić information content (AvgIpc) is 2.94. The molecule has 1 saturated heterocycles. The van der Waals surface area contributed by atoms with E-state index in [0.29, 0.717) is 15.8 Å². The van der Waals surface area contributed by atoms with Crippen LogP contribution in [0.1, 0.15) is 11.1 Å². The zero-order valence-electron chi connectivity index (χ0n) is 14.5. The number of nitrogens with zero attached hydrogens (tertiary/aromatic N) is 2. The first-order valence-electron chi connectivity index (χ1n) is 7.96. The maximum absolute atomic E-state index is 12.6. The van der Waals surface area contributed by atoms with Gasteiger partial charge in [-0.1, -0.05) is 12.1 Å². The van der Waals surface area contributed by atoms with Crippen molar-refractivity contribution in [1.82, 2.24) is 5.32 Å². The van der Waals surface area contributed by atoms with Gasteiger partial charge < -0.3 is 10.2 Å². The molecule has 0 aromatic heterocycles. The average molecular weight is 391 g/mol. The smallest absolute Gasteiger partial charge is 0.378 e. The quantitative estimate of drug-likeness (QED) is 0.774. The summed E-state index contributed by atoms with van der Waals surface area (Å²) < 4.78 is 37.8. The van der Waals surface area contributed by atoms with E-state index in [1.54, 1.807) is 6.08 Å². The number of alkyl halides is 3. The van der Waals surface area contributed by atoms with E-state index < -0.39 is 11.7 Å². The molecule has 1 heterocycles. The highest BCUT2D eigenvalue weighted by Gasteiger charge is 2.30. The highest BCUT2D eigenvalue weighted by molar-refractivity contribution is 8.18. The van der Waals surface area contributed by atoms with Crippen LogP contribution in [-0.2, 0) is 11.0 Å². The highest BCUT2D eigenvalue weighted by Crippen LogP contribution is 2.32. The molecular formula is C19H16F3N3OS. The molecule has 0 atom stereocenters. The predicted octanol–water partition coefficient (Wildman–Crippen LogP) is 4.66. The second-order valence-corrected chi connectivity index (χ2v) is 7.04. The molecule has 1 N–H and O–H groups in total. The third-order valence-electron chi connectivity index (χ3n) is 3.78. The Hall–Kier alpha value is -2.74. The minimum Gasteiger partial charge on any atom is -0.378 e. The van der Waals surface area contributed by atoms with Crippen molar-refractivity contribution in [2.24, 2.45) is 4.99 Å². The van der Waals surface area contributed by atoms with Gasteiger partial charge in [-0.25, -0.2) is 4.99 Å². The van der Waals surface area contributed by atoms with E-state index in [4.69, 9.17) is 0 Å². The number of hydrogen-bond donors (Lipinski definition) is 1. The number of benzene rings is 2. The highest BCUT2D eigenvalue weighted by atomic mass is 32.2. The fourth-order valence-electron chi connectivity index (χ4n) is 2.34. The first-order chi connectivity index (χ1) is 12.7. The molecule has 0 aliphatic carbocycles. The SMILES string of the molecule is CN(C)c1ccc(C=C2SC(=Nc3ccc(C(F)(F)F)cc3)NC2=O)cc1. The molecule has 0 spiro atoms. The Labute approximate surface area is 158 Å². The number of amides is 1. The van der Waals surface area contributed by atoms with Crippen LogP contribution in [0.15, 0.2) is 58.4 Å². The Morgan fingerprint density at radius 3 is 2.22 bits per heavy atom. The molecule has 8 heteroatoms. The van der Waals surface area contributed by atoms with Crippen molar-refractivity contribution in [3.63, 3.8) is 0 Å². The number of hydrogen-bond acceptors (Lipinski definition) is 4. The van der Waals surface area contributed by atoms with Crippen LogP contribution < -0.4 is 10.2 Å². The standard InChI is InChI=1S/C19H16F3N3OS/c1-25(2)15-9-3-12(4-10-15)11-16-17(26)24-18(27-16)23-14-7-5-13(6-8-14)19(20,21)22/h3-11H,1-2H3,(H,23,24,26). The molecule has 0 saturated carbocycles. The van der Waals surface area contributed by atoms with Crippen LogP contribution in [0.3, 0.4) is 0 Å². The predicted molar refractivity (Wildman–Crippen MR) is 103 cm³/mol. The van der Waals surface area contributed by atoms with Crippen molar-refractivity contribution in [2.45, 2.75) is 6.18 Å². The van der Waals surface area contributed by atoms with Crippen molar-refractivity contribution >= 4 is 40.3 Å². The number of thioether (sulfide) groups is 1. The summed E-state index contributed by atoms with van der Waals surface area (Å²) >= 11 is 1.15. The Kier molecular flexibility index (Phi) is 5.27. The molecule has 140 valence electrons. The van der Waals surface area contributed by atoms with Crippen LogP contribution in [0.25, 0.3) is 6.08 Å². The van der Waals surface area contributed by atoms with E-state index >= 15 is 0 Å².